The lowest BCUT2D eigenvalue weighted by atomic mass is 10.1. The van der Waals surface area contributed by atoms with Crippen LogP contribution in [0.2, 0.25) is 0 Å². The van der Waals surface area contributed by atoms with E-state index in [-0.39, 0.29) is 0 Å². The number of aromatic amines is 1. The molecule has 0 aliphatic rings. The lowest BCUT2D eigenvalue weighted by Gasteiger charge is -1.94. The van der Waals surface area contributed by atoms with Crippen molar-refractivity contribution in [2.45, 2.75) is 13.5 Å². The van der Waals surface area contributed by atoms with Crippen LogP contribution < -0.4 is 0 Å². The van der Waals surface area contributed by atoms with E-state index in [2.05, 4.69) is 37.4 Å². The van der Waals surface area contributed by atoms with Crippen LogP contribution in [0.25, 0.3) is 11.4 Å². The Morgan fingerprint density at radius 3 is 3.00 bits per heavy atom. The zero-order valence-electron chi connectivity index (χ0n) is 12.1. The fraction of sp³-hybridized carbons (Fsp3) is 0.200. The van der Waals surface area contributed by atoms with Crippen LogP contribution in [0.5, 0.6) is 0 Å². The Morgan fingerprint density at radius 1 is 1.32 bits per heavy atom. The number of benzene rings is 1. The van der Waals surface area contributed by atoms with E-state index in [0.29, 0.717) is 12.4 Å². The number of tetrazole rings is 1. The van der Waals surface area contributed by atoms with Crippen LogP contribution in [0.15, 0.2) is 24.3 Å². The van der Waals surface area contributed by atoms with E-state index in [0.717, 1.165) is 26.7 Å². The first kappa shape index (κ1) is 14.4. The highest BCUT2D eigenvalue weighted by Gasteiger charge is 2.05. The normalized spacial score (nSPS) is 10.3. The van der Waals surface area contributed by atoms with Gasteiger partial charge in [-0.2, -0.15) is 5.21 Å². The molecule has 7 heteroatoms. The van der Waals surface area contributed by atoms with Crippen molar-refractivity contribution in [3.63, 3.8) is 0 Å². The van der Waals surface area contributed by atoms with E-state index in [1.807, 2.05) is 31.2 Å². The summed E-state index contributed by atoms with van der Waals surface area (Å²) in [5, 5.41) is 14.7. The Balaban J connectivity index is 1.85. The van der Waals surface area contributed by atoms with Crippen LogP contribution in [0.4, 0.5) is 0 Å². The number of methoxy groups -OCH3 is 1. The maximum absolute atomic E-state index is 5.12. The lowest BCUT2D eigenvalue weighted by Crippen LogP contribution is -1.89. The highest BCUT2D eigenvalue weighted by Crippen LogP contribution is 2.18. The Hall–Kier alpha value is -2.56. The van der Waals surface area contributed by atoms with Gasteiger partial charge >= 0.3 is 0 Å². The number of ether oxygens (including phenoxy) is 1. The third-order valence-corrected chi connectivity index (χ3v) is 3.88. The molecule has 0 bridgehead atoms. The molecule has 0 radical (unpaired) electrons. The summed E-state index contributed by atoms with van der Waals surface area (Å²) in [6.45, 7) is 2.53. The third-order valence-electron chi connectivity index (χ3n) is 2.95. The molecular formula is C15H13N5OS. The van der Waals surface area contributed by atoms with Gasteiger partial charge in [-0.05, 0) is 30.2 Å². The topological polar surface area (TPSA) is 76.6 Å². The van der Waals surface area contributed by atoms with Gasteiger partial charge in [0.15, 0.2) is 5.01 Å². The molecule has 22 heavy (non-hydrogen) atoms. The van der Waals surface area contributed by atoms with E-state index in [4.69, 9.17) is 4.74 Å². The van der Waals surface area contributed by atoms with Crippen LogP contribution in [0.3, 0.4) is 0 Å². The van der Waals surface area contributed by atoms with E-state index < -0.39 is 0 Å². The molecule has 2 aromatic heterocycles. The zero-order valence-corrected chi connectivity index (χ0v) is 12.9. The predicted octanol–water partition coefficient (Wildman–Crippen LogP) is 2.18. The average Bonchev–Trinajstić information content (AvgIpc) is 3.17. The van der Waals surface area contributed by atoms with Crippen molar-refractivity contribution in [3.8, 4) is 23.2 Å². The molecule has 0 amide bonds. The minimum absolute atomic E-state index is 0.511. The maximum Gasteiger partial charge on any atom is 0.204 e. The summed E-state index contributed by atoms with van der Waals surface area (Å²) in [6, 6.07) is 7.70. The molecule has 0 unspecified atom stereocenters. The molecule has 1 aromatic carbocycles. The molecule has 1 N–H and O–H groups in total. The zero-order chi connectivity index (χ0) is 15.4. The highest BCUT2D eigenvalue weighted by molar-refractivity contribution is 7.12. The van der Waals surface area contributed by atoms with Gasteiger partial charge in [-0.15, -0.1) is 21.5 Å². The number of hydrogen-bond acceptors (Lipinski definition) is 6. The molecule has 3 aromatic rings. The lowest BCUT2D eigenvalue weighted by molar-refractivity contribution is 0.181. The smallest absolute Gasteiger partial charge is 0.204 e. The summed E-state index contributed by atoms with van der Waals surface area (Å²) in [5.41, 5.74) is 2.69. The van der Waals surface area contributed by atoms with Gasteiger partial charge in [0.05, 0.1) is 12.3 Å². The van der Waals surface area contributed by atoms with Gasteiger partial charge in [-0.1, -0.05) is 18.1 Å². The van der Waals surface area contributed by atoms with Gasteiger partial charge in [-0.3, -0.25) is 0 Å². The third kappa shape index (κ3) is 3.19. The number of hydrogen-bond donors (Lipinski definition) is 1. The fourth-order valence-corrected chi connectivity index (χ4v) is 2.67. The number of thiazole rings is 1. The van der Waals surface area contributed by atoms with E-state index in [1.54, 1.807) is 18.4 Å². The van der Waals surface area contributed by atoms with Gasteiger partial charge in [0, 0.05) is 23.1 Å². The monoisotopic (exact) mass is 311 g/mol. The van der Waals surface area contributed by atoms with E-state index >= 15 is 0 Å². The molecule has 6 nitrogen and oxygen atoms in total. The maximum atomic E-state index is 5.12. The largest absolute Gasteiger partial charge is 0.378 e. The fourth-order valence-electron chi connectivity index (χ4n) is 1.90. The van der Waals surface area contributed by atoms with Gasteiger partial charge in [0.25, 0.3) is 0 Å². The SMILES string of the molecule is COCc1nc(C#Cc2cccc(-c3nn[nH]n3)c2)sc1C. The van der Waals surface area contributed by atoms with Crippen LogP contribution >= 0.6 is 11.3 Å². The van der Waals surface area contributed by atoms with Gasteiger partial charge in [0.2, 0.25) is 5.82 Å². The van der Waals surface area contributed by atoms with Crippen LogP contribution in [-0.4, -0.2) is 32.7 Å². The minimum Gasteiger partial charge on any atom is -0.378 e. The number of nitrogens with one attached hydrogen (secondary N) is 1. The van der Waals surface area contributed by atoms with Gasteiger partial charge < -0.3 is 4.74 Å². The molecule has 0 saturated heterocycles. The van der Waals surface area contributed by atoms with E-state index in [9.17, 15) is 0 Å². The molecule has 0 spiro atoms. The molecule has 3 rings (SSSR count). The number of aryl methyl sites for hydroxylation is 1. The number of aromatic nitrogens is 5. The number of nitrogens with zero attached hydrogens (tertiary/aromatic N) is 4. The summed E-state index contributed by atoms with van der Waals surface area (Å²) in [5.74, 6) is 6.76. The van der Waals surface area contributed by atoms with Crippen molar-refractivity contribution in [1.82, 2.24) is 25.6 Å². The Kier molecular flexibility index (Phi) is 4.23. The Labute approximate surface area is 131 Å². The average molecular weight is 311 g/mol. The quantitative estimate of drug-likeness (QED) is 0.750. The predicted molar refractivity (Wildman–Crippen MR) is 83.2 cm³/mol. The molecule has 0 aliphatic carbocycles. The molecule has 110 valence electrons. The van der Waals surface area contributed by atoms with Crippen LogP contribution in [-0.2, 0) is 11.3 Å². The Morgan fingerprint density at radius 2 is 2.23 bits per heavy atom. The second-order valence-electron chi connectivity index (χ2n) is 4.52. The number of rotatable bonds is 3. The standard InChI is InChI=1S/C15H13N5OS/c1-10-13(9-21-2)16-14(22-10)7-6-11-4-3-5-12(8-11)15-17-19-20-18-15/h3-5,8H,9H2,1-2H3,(H,17,18,19,20). The van der Waals surface area contributed by atoms with E-state index in [1.165, 1.54) is 0 Å². The molecule has 2 heterocycles. The van der Waals surface area contributed by atoms with Crippen LogP contribution in [0.1, 0.15) is 21.1 Å². The molecule has 0 atom stereocenters. The first-order valence-corrected chi connectivity index (χ1v) is 7.39. The van der Waals surface area contributed by atoms with Crippen molar-refractivity contribution >= 4 is 11.3 Å². The molecule has 0 aliphatic heterocycles. The first-order chi connectivity index (χ1) is 10.8. The highest BCUT2D eigenvalue weighted by atomic mass is 32.1. The van der Waals surface area contributed by atoms with Gasteiger partial charge in [0.1, 0.15) is 0 Å². The van der Waals surface area contributed by atoms with Crippen molar-refractivity contribution in [2.75, 3.05) is 7.11 Å². The molecule has 0 saturated carbocycles. The second-order valence-corrected chi connectivity index (χ2v) is 5.72. The molecule has 0 fully saturated rings. The summed E-state index contributed by atoms with van der Waals surface area (Å²) < 4.78 is 5.12. The minimum atomic E-state index is 0.511. The first-order valence-electron chi connectivity index (χ1n) is 6.57. The summed E-state index contributed by atoms with van der Waals surface area (Å²) >= 11 is 1.57. The second kappa shape index (κ2) is 6.47. The van der Waals surface area contributed by atoms with Gasteiger partial charge in [-0.25, -0.2) is 4.98 Å². The number of H-pyrrole nitrogens is 1. The Bertz CT molecular complexity index is 829. The van der Waals surface area contributed by atoms with Crippen molar-refractivity contribution in [2.24, 2.45) is 0 Å². The van der Waals surface area contributed by atoms with Crippen molar-refractivity contribution in [1.29, 1.82) is 0 Å². The summed E-state index contributed by atoms with van der Waals surface area (Å²) in [4.78, 5) is 5.60. The molecular weight excluding hydrogens is 298 g/mol. The summed E-state index contributed by atoms with van der Waals surface area (Å²) in [7, 11) is 1.66. The van der Waals surface area contributed by atoms with Crippen molar-refractivity contribution < 1.29 is 4.74 Å². The summed E-state index contributed by atoms with van der Waals surface area (Å²) in [6.07, 6.45) is 0. The van der Waals surface area contributed by atoms with Crippen molar-refractivity contribution in [3.05, 3.63) is 45.4 Å². The van der Waals surface area contributed by atoms with Crippen LogP contribution in [0, 0.1) is 18.8 Å².